The van der Waals surface area contributed by atoms with E-state index < -0.39 is 17.5 Å². The zero-order valence-electron chi connectivity index (χ0n) is 15.2. The first-order valence-electron chi connectivity index (χ1n) is 8.25. The smallest absolute Gasteiger partial charge is 0.347 e. The van der Waals surface area contributed by atoms with Crippen molar-refractivity contribution in [2.45, 2.75) is 13.1 Å². The number of benzene rings is 2. The fraction of sp³-hybridized carbons (Fsp3) is 0.211. The summed E-state index contributed by atoms with van der Waals surface area (Å²) in [6, 6.07) is 10.8. The van der Waals surface area contributed by atoms with Gasteiger partial charge in [-0.25, -0.2) is 13.9 Å². The quantitative estimate of drug-likeness (QED) is 0.589. The average molecular weight is 406 g/mol. The standard InChI is InChI=1S/C19H17ClFN3O4/c1-27-16-9-13(20)6-7-15(16)18-22-24(11-17(25)28-2)19(26)23(18)10-12-4-3-5-14(21)8-12/h3-9H,10-11H2,1-2H3. The summed E-state index contributed by atoms with van der Waals surface area (Å²) in [6.07, 6.45) is 0. The Balaban J connectivity index is 2.16. The first-order valence-corrected chi connectivity index (χ1v) is 8.63. The second-order valence-corrected chi connectivity index (χ2v) is 6.34. The highest BCUT2D eigenvalue weighted by Gasteiger charge is 2.20. The number of hydrogen-bond acceptors (Lipinski definition) is 5. The molecule has 3 aromatic rings. The average Bonchev–Trinajstić information content (AvgIpc) is 2.97. The van der Waals surface area contributed by atoms with Crippen molar-refractivity contribution in [1.29, 1.82) is 0 Å². The molecule has 0 aliphatic carbocycles. The van der Waals surface area contributed by atoms with E-state index in [1.54, 1.807) is 30.3 Å². The van der Waals surface area contributed by atoms with Crippen LogP contribution in [-0.4, -0.2) is 34.5 Å². The number of methoxy groups -OCH3 is 2. The van der Waals surface area contributed by atoms with Gasteiger partial charge >= 0.3 is 11.7 Å². The van der Waals surface area contributed by atoms with Gasteiger partial charge in [0.05, 0.1) is 26.3 Å². The van der Waals surface area contributed by atoms with E-state index in [0.29, 0.717) is 21.9 Å². The van der Waals surface area contributed by atoms with E-state index in [1.165, 1.54) is 30.9 Å². The van der Waals surface area contributed by atoms with Crippen LogP contribution in [0.5, 0.6) is 5.75 Å². The first-order chi connectivity index (χ1) is 13.4. The molecule has 0 aliphatic heterocycles. The van der Waals surface area contributed by atoms with Gasteiger partial charge < -0.3 is 9.47 Å². The van der Waals surface area contributed by atoms with Gasteiger partial charge in [0.1, 0.15) is 18.1 Å². The third-order valence-corrected chi connectivity index (χ3v) is 4.30. The van der Waals surface area contributed by atoms with Crippen LogP contribution in [0.2, 0.25) is 5.02 Å². The van der Waals surface area contributed by atoms with Gasteiger partial charge in [-0.1, -0.05) is 23.7 Å². The highest BCUT2D eigenvalue weighted by atomic mass is 35.5. The molecule has 0 unspecified atom stereocenters. The maximum absolute atomic E-state index is 13.6. The van der Waals surface area contributed by atoms with E-state index in [0.717, 1.165) is 4.68 Å². The van der Waals surface area contributed by atoms with Gasteiger partial charge in [-0.2, -0.15) is 0 Å². The minimum absolute atomic E-state index is 0.0544. The Hall–Kier alpha value is -3.13. The van der Waals surface area contributed by atoms with E-state index in [9.17, 15) is 14.0 Å². The summed E-state index contributed by atoms with van der Waals surface area (Å²) in [4.78, 5) is 24.5. The van der Waals surface area contributed by atoms with Crippen molar-refractivity contribution in [2.24, 2.45) is 0 Å². The van der Waals surface area contributed by atoms with Crippen molar-refractivity contribution in [2.75, 3.05) is 14.2 Å². The van der Waals surface area contributed by atoms with Crippen LogP contribution in [0.3, 0.4) is 0 Å². The molecule has 0 spiro atoms. The van der Waals surface area contributed by atoms with Crippen LogP contribution in [0.4, 0.5) is 4.39 Å². The molecular weight excluding hydrogens is 389 g/mol. The molecule has 0 N–H and O–H groups in total. The van der Waals surface area contributed by atoms with Gasteiger partial charge in [0.2, 0.25) is 0 Å². The van der Waals surface area contributed by atoms with Crippen molar-refractivity contribution < 1.29 is 18.7 Å². The minimum Gasteiger partial charge on any atom is -0.496 e. The van der Waals surface area contributed by atoms with Crippen LogP contribution in [0.15, 0.2) is 47.3 Å². The summed E-state index contributed by atoms with van der Waals surface area (Å²) >= 11 is 6.02. The number of rotatable bonds is 6. The van der Waals surface area contributed by atoms with Crippen LogP contribution >= 0.6 is 11.6 Å². The second kappa shape index (κ2) is 8.26. The molecule has 0 saturated heterocycles. The Morgan fingerprint density at radius 3 is 2.68 bits per heavy atom. The van der Waals surface area contributed by atoms with Crippen molar-refractivity contribution in [3.05, 3.63) is 69.4 Å². The van der Waals surface area contributed by atoms with E-state index in [-0.39, 0.29) is 18.9 Å². The third kappa shape index (κ3) is 4.07. The highest BCUT2D eigenvalue weighted by molar-refractivity contribution is 6.30. The zero-order valence-corrected chi connectivity index (χ0v) is 15.9. The number of nitrogens with zero attached hydrogens (tertiary/aromatic N) is 3. The van der Waals surface area contributed by atoms with Crippen molar-refractivity contribution in [3.8, 4) is 17.1 Å². The molecule has 0 aliphatic rings. The van der Waals surface area contributed by atoms with E-state index in [2.05, 4.69) is 9.84 Å². The lowest BCUT2D eigenvalue weighted by Crippen LogP contribution is -2.28. The van der Waals surface area contributed by atoms with Crippen molar-refractivity contribution in [3.63, 3.8) is 0 Å². The Bertz CT molecular complexity index is 1080. The molecule has 3 rings (SSSR count). The van der Waals surface area contributed by atoms with Crippen LogP contribution in [0, 0.1) is 5.82 Å². The summed E-state index contributed by atoms with van der Waals surface area (Å²) in [6.45, 7) is -0.298. The fourth-order valence-electron chi connectivity index (χ4n) is 2.74. The number of hydrogen-bond donors (Lipinski definition) is 0. The molecule has 1 aromatic heterocycles. The van der Waals surface area contributed by atoms with Crippen LogP contribution in [0.1, 0.15) is 5.56 Å². The molecule has 1 heterocycles. The summed E-state index contributed by atoms with van der Waals surface area (Å²) in [5.74, 6) is -0.375. The van der Waals surface area contributed by atoms with Gasteiger partial charge in [-0.3, -0.25) is 9.36 Å². The largest absolute Gasteiger partial charge is 0.496 e. The summed E-state index contributed by atoms with van der Waals surface area (Å²) in [5.41, 5.74) is 0.527. The van der Waals surface area contributed by atoms with Crippen LogP contribution < -0.4 is 10.4 Å². The molecule has 0 radical (unpaired) electrons. The van der Waals surface area contributed by atoms with Crippen molar-refractivity contribution in [1.82, 2.24) is 14.3 Å². The molecule has 0 bridgehead atoms. The summed E-state index contributed by atoms with van der Waals surface area (Å²) in [7, 11) is 2.69. The highest BCUT2D eigenvalue weighted by Crippen LogP contribution is 2.31. The molecule has 146 valence electrons. The predicted octanol–water partition coefficient (Wildman–Crippen LogP) is 2.73. The van der Waals surface area contributed by atoms with Gasteiger partial charge in [-0.15, -0.1) is 5.10 Å². The zero-order chi connectivity index (χ0) is 20.3. The molecule has 0 fully saturated rings. The van der Waals surface area contributed by atoms with Gasteiger partial charge in [0.25, 0.3) is 0 Å². The first kappa shape index (κ1) is 19.6. The van der Waals surface area contributed by atoms with Crippen molar-refractivity contribution >= 4 is 17.6 Å². The maximum atomic E-state index is 13.6. The fourth-order valence-corrected chi connectivity index (χ4v) is 2.90. The monoisotopic (exact) mass is 405 g/mol. The molecule has 28 heavy (non-hydrogen) atoms. The molecule has 0 saturated carbocycles. The molecule has 0 amide bonds. The second-order valence-electron chi connectivity index (χ2n) is 5.90. The Labute approximate surface area is 164 Å². The Kier molecular flexibility index (Phi) is 5.79. The molecule has 7 nitrogen and oxygen atoms in total. The summed E-state index contributed by atoms with van der Waals surface area (Å²) < 4.78 is 25.9. The van der Waals surface area contributed by atoms with E-state index in [1.807, 2.05) is 0 Å². The number of carbonyl (C=O) groups is 1. The maximum Gasteiger partial charge on any atom is 0.347 e. The lowest BCUT2D eigenvalue weighted by atomic mass is 10.1. The molecular formula is C19H17ClFN3O4. The minimum atomic E-state index is -0.618. The van der Waals surface area contributed by atoms with Gasteiger partial charge in [-0.05, 0) is 35.9 Å². The summed E-state index contributed by atoms with van der Waals surface area (Å²) in [5, 5.41) is 4.73. The Morgan fingerprint density at radius 2 is 2.00 bits per heavy atom. The van der Waals surface area contributed by atoms with E-state index >= 15 is 0 Å². The predicted molar refractivity (Wildman–Crippen MR) is 101 cm³/mol. The number of carbonyl (C=O) groups excluding carboxylic acids is 1. The van der Waals surface area contributed by atoms with E-state index in [4.69, 9.17) is 16.3 Å². The third-order valence-electron chi connectivity index (χ3n) is 4.06. The number of esters is 1. The SMILES string of the molecule is COC(=O)Cn1nc(-c2ccc(Cl)cc2OC)n(Cc2cccc(F)c2)c1=O. The lowest BCUT2D eigenvalue weighted by Gasteiger charge is -2.10. The van der Waals surface area contributed by atoms with Crippen LogP contribution in [-0.2, 0) is 22.6 Å². The van der Waals surface area contributed by atoms with Crippen LogP contribution in [0.25, 0.3) is 11.4 Å². The molecule has 0 atom stereocenters. The number of ether oxygens (including phenoxy) is 2. The lowest BCUT2D eigenvalue weighted by molar-refractivity contribution is -0.141. The Morgan fingerprint density at radius 1 is 1.21 bits per heavy atom. The van der Waals surface area contributed by atoms with Gasteiger partial charge in [0, 0.05) is 5.02 Å². The molecule has 9 heteroatoms. The normalized spacial score (nSPS) is 10.7. The number of aromatic nitrogens is 3. The number of halogens is 2. The molecule has 2 aromatic carbocycles. The topological polar surface area (TPSA) is 75.4 Å². The van der Waals surface area contributed by atoms with Gasteiger partial charge in [0.15, 0.2) is 5.82 Å².